The van der Waals surface area contributed by atoms with Crippen LogP contribution in [0.25, 0.3) is 0 Å². The Balaban J connectivity index is 0.000000187. The zero-order valence-electron chi connectivity index (χ0n) is 22.1. The van der Waals surface area contributed by atoms with Crippen molar-refractivity contribution in [2.24, 2.45) is 10.9 Å². The largest absolute Gasteiger partial charge is 0.391 e. The van der Waals surface area contributed by atoms with Gasteiger partial charge in [0.2, 0.25) is 5.91 Å². The Kier molecular flexibility index (Phi) is 9.86. The molecule has 1 saturated heterocycles. The summed E-state index contributed by atoms with van der Waals surface area (Å²) in [5.74, 6) is -0.397. The number of oxime groups is 1. The predicted octanol–water partition coefficient (Wildman–Crippen LogP) is 4.41. The molecule has 0 aromatic heterocycles. The lowest BCUT2D eigenvalue weighted by atomic mass is 9.93. The van der Waals surface area contributed by atoms with E-state index in [0.717, 1.165) is 30.1 Å². The number of carbonyl (C=O) groups is 1. The first-order chi connectivity index (χ1) is 18.9. The number of primary amides is 1. The molecule has 1 saturated carbocycles. The lowest BCUT2D eigenvalue weighted by molar-refractivity contribution is -0.384. The van der Waals surface area contributed by atoms with Crippen molar-refractivity contribution in [2.75, 3.05) is 18.0 Å². The molecule has 2 heterocycles. The molecule has 0 radical (unpaired) electrons. The SMILES string of the molecule is N#Cc1ccc(C2=NOC(CC(N)=O)C2)cc1.O=[N+]([O-])c1ccc(N2CCCC(NC3CCCCC3)C2)cc1. The molecule has 2 aromatic rings. The Morgan fingerprint density at radius 3 is 2.41 bits per heavy atom. The van der Waals surface area contributed by atoms with Crippen LogP contribution < -0.4 is 16.0 Å². The molecule has 0 bridgehead atoms. The highest BCUT2D eigenvalue weighted by Crippen LogP contribution is 2.25. The van der Waals surface area contributed by atoms with Crippen molar-refractivity contribution in [3.05, 3.63) is 69.8 Å². The van der Waals surface area contributed by atoms with E-state index in [-0.39, 0.29) is 23.1 Å². The van der Waals surface area contributed by atoms with Crippen molar-refractivity contribution in [1.29, 1.82) is 5.26 Å². The minimum atomic E-state index is -0.397. The summed E-state index contributed by atoms with van der Waals surface area (Å²) < 4.78 is 0. The molecule has 206 valence electrons. The van der Waals surface area contributed by atoms with Crippen molar-refractivity contribution in [1.82, 2.24) is 5.32 Å². The van der Waals surface area contributed by atoms with E-state index in [0.29, 0.717) is 24.1 Å². The van der Waals surface area contributed by atoms with Gasteiger partial charge in [0.15, 0.2) is 0 Å². The third-order valence-corrected chi connectivity index (χ3v) is 7.43. The quantitative estimate of drug-likeness (QED) is 0.396. The summed E-state index contributed by atoms with van der Waals surface area (Å²) >= 11 is 0. The van der Waals surface area contributed by atoms with Crippen molar-refractivity contribution in [2.45, 2.75) is 76.0 Å². The van der Waals surface area contributed by atoms with Gasteiger partial charge >= 0.3 is 0 Å². The van der Waals surface area contributed by atoms with Gasteiger partial charge in [-0.3, -0.25) is 14.9 Å². The zero-order valence-corrected chi connectivity index (χ0v) is 22.1. The summed E-state index contributed by atoms with van der Waals surface area (Å²) in [6, 6.07) is 17.3. The highest BCUT2D eigenvalue weighted by Gasteiger charge is 2.25. The molecule has 1 amide bonds. The van der Waals surface area contributed by atoms with Gasteiger partial charge in [0, 0.05) is 49.4 Å². The van der Waals surface area contributed by atoms with Crippen LogP contribution in [0.3, 0.4) is 0 Å². The average molecular weight is 533 g/mol. The van der Waals surface area contributed by atoms with Gasteiger partial charge in [-0.2, -0.15) is 5.26 Å². The van der Waals surface area contributed by atoms with Crippen LogP contribution >= 0.6 is 0 Å². The molecule has 10 nitrogen and oxygen atoms in total. The smallest absolute Gasteiger partial charge is 0.269 e. The number of nitriles is 1. The molecule has 2 aromatic carbocycles. The van der Waals surface area contributed by atoms with E-state index >= 15 is 0 Å². The number of anilines is 1. The van der Waals surface area contributed by atoms with Gasteiger partial charge in [-0.15, -0.1) is 0 Å². The van der Waals surface area contributed by atoms with Gasteiger partial charge in [0.05, 0.1) is 28.7 Å². The molecular formula is C29H36N6O4. The monoisotopic (exact) mass is 532 g/mol. The summed E-state index contributed by atoms with van der Waals surface area (Å²) in [4.78, 5) is 28.6. The summed E-state index contributed by atoms with van der Waals surface area (Å²) in [6.45, 7) is 2.05. The van der Waals surface area contributed by atoms with Gasteiger partial charge in [0.1, 0.15) is 6.10 Å². The molecule has 0 spiro atoms. The molecule has 2 unspecified atom stereocenters. The minimum absolute atomic E-state index is 0.164. The predicted molar refractivity (Wildman–Crippen MR) is 149 cm³/mol. The number of rotatable bonds is 7. The zero-order chi connectivity index (χ0) is 27.6. The fraction of sp³-hybridized carbons (Fsp3) is 0.483. The van der Waals surface area contributed by atoms with Crippen molar-refractivity contribution < 1.29 is 14.6 Å². The Bertz CT molecular complexity index is 1190. The van der Waals surface area contributed by atoms with E-state index in [1.54, 1.807) is 24.3 Å². The molecule has 2 atom stereocenters. The van der Waals surface area contributed by atoms with Crippen LogP contribution in [-0.2, 0) is 9.63 Å². The third-order valence-electron chi connectivity index (χ3n) is 7.43. The van der Waals surface area contributed by atoms with Gasteiger partial charge in [-0.25, -0.2) is 0 Å². The van der Waals surface area contributed by atoms with E-state index in [9.17, 15) is 14.9 Å². The fourth-order valence-electron chi connectivity index (χ4n) is 5.41. The second-order valence-electron chi connectivity index (χ2n) is 10.4. The second kappa shape index (κ2) is 13.7. The molecule has 2 fully saturated rings. The number of nitrogens with zero attached hydrogens (tertiary/aromatic N) is 4. The Morgan fingerprint density at radius 2 is 1.77 bits per heavy atom. The molecule has 5 rings (SSSR count). The lowest BCUT2D eigenvalue weighted by Crippen LogP contribution is -2.49. The first kappa shape index (κ1) is 28.0. The maximum absolute atomic E-state index is 10.7. The van der Waals surface area contributed by atoms with E-state index in [4.69, 9.17) is 15.8 Å². The van der Waals surface area contributed by atoms with Crippen LogP contribution in [-0.4, -0.2) is 47.8 Å². The molecule has 3 aliphatic rings. The second-order valence-corrected chi connectivity index (χ2v) is 10.4. The number of nitro benzene ring substituents is 1. The van der Waals surface area contributed by atoms with E-state index < -0.39 is 5.91 Å². The number of nitrogens with one attached hydrogen (secondary N) is 1. The average Bonchev–Trinajstić information content (AvgIpc) is 3.42. The number of non-ortho nitro benzene ring substituents is 1. The maximum Gasteiger partial charge on any atom is 0.269 e. The number of carbonyl (C=O) groups excluding carboxylic acids is 1. The van der Waals surface area contributed by atoms with Gasteiger partial charge in [-0.05, 0) is 55.5 Å². The van der Waals surface area contributed by atoms with Crippen molar-refractivity contribution in [3.8, 4) is 6.07 Å². The number of benzene rings is 2. The highest BCUT2D eigenvalue weighted by atomic mass is 16.6. The van der Waals surface area contributed by atoms with Crippen LogP contribution in [0.4, 0.5) is 11.4 Å². The minimum Gasteiger partial charge on any atom is -0.391 e. The lowest BCUT2D eigenvalue weighted by Gasteiger charge is -2.37. The molecule has 39 heavy (non-hydrogen) atoms. The highest BCUT2D eigenvalue weighted by molar-refractivity contribution is 6.01. The van der Waals surface area contributed by atoms with Crippen LogP contribution in [0.5, 0.6) is 0 Å². The molecular weight excluding hydrogens is 496 g/mol. The first-order valence-electron chi connectivity index (χ1n) is 13.7. The van der Waals surface area contributed by atoms with Crippen molar-refractivity contribution >= 4 is 23.0 Å². The van der Waals surface area contributed by atoms with Crippen LogP contribution in [0, 0.1) is 21.4 Å². The van der Waals surface area contributed by atoms with Gasteiger partial charge in [0.25, 0.3) is 5.69 Å². The Labute approximate surface area is 229 Å². The molecule has 1 aliphatic carbocycles. The third kappa shape index (κ3) is 8.26. The molecule has 10 heteroatoms. The first-order valence-corrected chi connectivity index (χ1v) is 13.7. The van der Waals surface area contributed by atoms with Crippen molar-refractivity contribution in [3.63, 3.8) is 0 Å². The topological polar surface area (TPSA) is 147 Å². The maximum atomic E-state index is 10.7. The number of nitro groups is 1. The fourth-order valence-corrected chi connectivity index (χ4v) is 5.41. The van der Waals surface area contributed by atoms with Crippen LogP contribution in [0.2, 0.25) is 0 Å². The van der Waals surface area contributed by atoms with E-state index in [1.807, 2.05) is 30.3 Å². The number of amides is 1. The number of hydrogen-bond acceptors (Lipinski definition) is 8. The number of piperidine rings is 1. The molecule has 2 aliphatic heterocycles. The number of nitrogens with two attached hydrogens (primary N) is 1. The normalized spacial score (nSPS) is 21.1. The van der Waals surface area contributed by atoms with Gasteiger partial charge < -0.3 is 20.8 Å². The summed E-state index contributed by atoms with van der Waals surface area (Å²) in [6.07, 6.45) is 9.62. The number of hydrogen-bond donors (Lipinski definition) is 2. The van der Waals surface area contributed by atoms with Crippen LogP contribution in [0.1, 0.15) is 68.9 Å². The Hall–Kier alpha value is -3.97. The summed E-state index contributed by atoms with van der Waals surface area (Å²) in [5.41, 5.74) is 8.63. The standard InChI is InChI=1S/C17H25N3O2.C12H11N3O2/c21-20(22)17-10-8-16(9-11-17)19-12-4-7-15(13-19)18-14-5-2-1-3-6-14;13-7-8-1-3-9(4-2-8)11-5-10(17-15-11)6-12(14)16/h8-11,14-15,18H,1-7,12-13H2;1-4,10H,5-6H2,(H2,14,16). The van der Waals surface area contributed by atoms with Gasteiger partial charge in [-0.1, -0.05) is 36.6 Å². The van der Waals surface area contributed by atoms with E-state index in [2.05, 4.69) is 15.4 Å². The summed E-state index contributed by atoms with van der Waals surface area (Å²) in [5, 5.41) is 27.2. The van der Waals surface area contributed by atoms with E-state index in [1.165, 1.54) is 44.9 Å². The van der Waals surface area contributed by atoms with Crippen LogP contribution in [0.15, 0.2) is 53.7 Å². The molecule has 3 N–H and O–H groups in total. The Morgan fingerprint density at radius 1 is 1.08 bits per heavy atom. The summed E-state index contributed by atoms with van der Waals surface area (Å²) in [7, 11) is 0.